The summed E-state index contributed by atoms with van der Waals surface area (Å²) in [6.45, 7) is 3.68. The van der Waals surface area contributed by atoms with Gasteiger partial charge in [-0.3, -0.25) is 9.97 Å². The summed E-state index contributed by atoms with van der Waals surface area (Å²) >= 11 is 0. The number of carboxylic acids is 1. The van der Waals surface area contributed by atoms with Crippen molar-refractivity contribution in [3.63, 3.8) is 0 Å². The van der Waals surface area contributed by atoms with E-state index in [1.54, 1.807) is 31.5 Å². The first-order valence-corrected chi connectivity index (χ1v) is 11.4. The molecule has 4 rings (SSSR count). The van der Waals surface area contributed by atoms with Crippen LogP contribution in [0.15, 0.2) is 30.6 Å². The Kier molecular flexibility index (Phi) is 7.25. The van der Waals surface area contributed by atoms with Gasteiger partial charge in [0.2, 0.25) is 0 Å². The zero-order valence-corrected chi connectivity index (χ0v) is 18.9. The summed E-state index contributed by atoms with van der Waals surface area (Å²) in [7, 11) is 0. The maximum Gasteiger partial charge on any atom is 0.391 e. The van der Waals surface area contributed by atoms with Crippen LogP contribution < -0.4 is 9.64 Å². The van der Waals surface area contributed by atoms with E-state index in [1.807, 2.05) is 6.07 Å². The molecule has 0 amide bonds. The van der Waals surface area contributed by atoms with Crippen molar-refractivity contribution in [3.8, 4) is 5.75 Å². The summed E-state index contributed by atoms with van der Waals surface area (Å²) in [6, 6.07) is 5.10. The van der Waals surface area contributed by atoms with Crippen molar-refractivity contribution in [3.05, 3.63) is 47.5 Å². The molecule has 1 aliphatic heterocycles. The smallest absolute Gasteiger partial charge is 0.391 e. The number of hydrogen-bond donors (Lipinski definition) is 1. The second-order valence-electron chi connectivity index (χ2n) is 8.93. The van der Waals surface area contributed by atoms with Gasteiger partial charge in [-0.2, -0.15) is 13.2 Å². The number of aromatic nitrogens is 2. The summed E-state index contributed by atoms with van der Waals surface area (Å²) in [6.07, 6.45) is 0.257. The molecule has 2 fully saturated rings. The van der Waals surface area contributed by atoms with Crippen LogP contribution in [0.5, 0.6) is 5.75 Å². The van der Waals surface area contributed by atoms with E-state index in [1.165, 1.54) is 0 Å². The normalized spacial score (nSPS) is 23.5. The van der Waals surface area contributed by atoms with Gasteiger partial charge < -0.3 is 19.5 Å². The molecule has 1 saturated heterocycles. The van der Waals surface area contributed by atoms with E-state index in [0.29, 0.717) is 56.3 Å². The van der Waals surface area contributed by atoms with Gasteiger partial charge >= 0.3 is 12.1 Å². The molecule has 1 unspecified atom stereocenters. The van der Waals surface area contributed by atoms with Crippen LogP contribution in [0.3, 0.4) is 0 Å². The number of ether oxygens (including phenoxy) is 2. The zero-order valence-electron chi connectivity index (χ0n) is 18.9. The largest absolute Gasteiger partial charge is 0.492 e. The second kappa shape index (κ2) is 10.2. The highest BCUT2D eigenvalue weighted by Gasteiger charge is 2.41. The number of rotatable bonds is 6. The van der Waals surface area contributed by atoms with Gasteiger partial charge in [0.1, 0.15) is 11.9 Å². The van der Waals surface area contributed by atoms with Gasteiger partial charge in [0, 0.05) is 12.6 Å². The molecule has 2 aromatic rings. The third kappa shape index (κ3) is 5.78. The number of carboxylic acid groups (broad SMARTS) is 1. The number of pyridine rings is 2. The van der Waals surface area contributed by atoms with E-state index in [0.717, 1.165) is 5.69 Å². The van der Waals surface area contributed by atoms with Crippen molar-refractivity contribution in [2.24, 2.45) is 11.8 Å². The highest BCUT2D eigenvalue weighted by Crippen LogP contribution is 2.39. The third-order valence-corrected chi connectivity index (χ3v) is 6.59. The van der Waals surface area contributed by atoms with E-state index in [9.17, 15) is 23.1 Å². The molecule has 0 spiro atoms. The van der Waals surface area contributed by atoms with Gasteiger partial charge in [-0.1, -0.05) is 0 Å². The fourth-order valence-corrected chi connectivity index (χ4v) is 4.58. The number of nitrogens with zero attached hydrogens (tertiary/aromatic N) is 3. The van der Waals surface area contributed by atoms with Gasteiger partial charge in [0.05, 0.1) is 60.7 Å². The Morgan fingerprint density at radius 3 is 2.68 bits per heavy atom. The van der Waals surface area contributed by atoms with Crippen molar-refractivity contribution in [2.45, 2.75) is 44.9 Å². The van der Waals surface area contributed by atoms with Crippen molar-refractivity contribution < 1.29 is 32.5 Å². The molecule has 10 heteroatoms. The molecule has 1 saturated carbocycles. The molecule has 1 atom stereocenters. The second-order valence-corrected chi connectivity index (χ2v) is 8.93. The summed E-state index contributed by atoms with van der Waals surface area (Å²) in [5.41, 5.74) is 2.12. The number of aromatic carboxylic acids is 1. The van der Waals surface area contributed by atoms with Crippen LogP contribution in [-0.2, 0) is 4.74 Å². The molecule has 184 valence electrons. The lowest BCUT2D eigenvalue weighted by Gasteiger charge is -2.34. The minimum atomic E-state index is -4.10. The number of carbonyl (C=O) groups is 1. The van der Waals surface area contributed by atoms with Crippen LogP contribution in [-0.4, -0.2) is 53.5 Å². The highest BCUT2D eigenvalue weighted by molar-refractivity contribution is 5.88. The van der Waals surface area contributed by atoms with Gasteiger partial charge in [0.25, 0.3) is 0 Å². The van der Waals surface area contributed by atoms with Crippen LogP contribution in [0.25, 0.3) is 0 Å². The standard InChI is InChI=1S/C24H28F3N3O4/c1-15-20(23(31)32)6-7-21(29-15)22-13-30(8-9-33-22)18-10-19(12-28-11-18)34-14-16-2-4-17(5-3-16)24(25,26)27/h6-7,10-12,16-17,22H,2-5,8-9,13-14H2,1H3,(H,31,32)/t16-,17-,22?. The Morgan fingerprint density at radius 1 is 1.24 bits per heavy atom. The SMILES string of the molecule is Cc1nc(C2CN(c3cncc(OC[C@H]4CC[C@H](C(F)(F)F)CC4)c3)CCO2)ccc1C(=O)O. The number of hydrogen-bond acceptors (Lipinski definition) is 6. The Labute approximate surface area is 195 Å². The van der Waals surface area contributed by atoms with E-state index >= 15 is 0 Å². The highest BCUT2D eigenvalue weighted by atomic mass is 19.4. The molecule has 2 aliphatic rings. The number of alkyl halides is 3. The first-order valence-electron chi connectivity index (χ1n) is 11.4. The average molecular weight is 479 g/mol. The first-order chi connectivity index (χ1) is 16.2. The van der Waals surface area contributed by atoms with Crippen LogP contribution in [0.4, 0.5) is 18.9 Å². The lowest BCUT2D eigenvalue weighted by molar-refractivity contribution is -0.184. The van der Waals surface area contributed by atoms with Crippen molar-refractivity contribution >= 4 is 11.7 Å². The van der Waals surface area contributed by atoms with E-state index in [2.05, 4.69) is 14.9 Å². The lowest BCUT2D eigenvalue weighted by Crippen LogP contribution is -2.38. The molecule has 2 aromatic heterocycles. The molecule has 1 N–H and O–H groups in total. The predicted octanol–water partition coefficient (Wildman–Crippen LogP) is 4.81. The number of morpholine rings is 1. The van der Waals surface area contributed by atoms with E-state index in [4.69, 9.17) is 9.47 Å². The number of anilines is 1. The van der Waals surface area contributed by atoms with Gasteiger partial charge in [-0.25, -0.2) is 4.79 Å². The third-order valence-electron chi connectivity index (χ3n) is 6.59. The summed E-state index contributed by atoms with van der Waals surface area (Å²) in [4.78, 5) is 22.0. The van der Waals surface area contributed by atoms with E-state index in [-0.39, 0.29) is 30.4 Å². The lowest BCUT2D eigenvalue weighted by atomic mass is 9.82. The maximum absolute atomic E-state index is 12.9. The monoisotopic (exact) mass is 479 g/mol. The first kappa shape index (κ1) is 24.3. The van der Waals surface area contributed by atoms with Gasteiger partial charge in [-0.15, -0.1) is 0 Å². The Bertz CT molecular complexity index is 1010. The quantitative estimate of drug-likeness (QED) is 0.637. The topological polar surface area (TPSA) is 84.8 Å². The number of halogens is 3. The average Bonchev–Trinajstić information content (AvgIpc) is 2.82. The summed E-state index contributed by atoms with van der Waals surface area (Å²) < 4.78 is 50.4. The Balaban J connectivity index is 1.35. The fraction of sp³-hybridized carbons (Fsp3) is 0.542. The van der Waals surface area contributed by atoms with Crippen LogP contribution >= 0.6 is 0 Å². The van der Waals surface area contributed by atoms with Crippen molar-refractivity contribution in [1.29, 1.82) is 0 Å². The molecule has 7 nitrogen and oxygen atoms in total. The molecule has 0 bridgehead atoms. The molecule has 0 aromatic carbocycles. The van der Waals surface area contributed by atoms with Crippen LogP contribution in [0, 0.1) is 18.8 Å². The number of aryl methyl sites for hydroxylation is 1. The van der Waals surface area contributed by atoms with Crippen molar-refractivity contribution in [2.75, 3.05) is 31.2 Å². The van der Waals surface area contributed by atoms with Crippen molar-refractivity contribution in [1.82, 2.24) is 9.97 Å². The Hall–Kier alpha value is -2.88. The van der Waals surface area contributed by atoms with Crippen LogP contribution in [0.2, 0.25) is 0 Å². The summed E-state index contributed by atoms with van der Waals surface area (Å²) in [5, 5.41) is 9.21. The molecule has 3 heterocycles. The minimum Gasteiger partial charge on any atom is -0.492 e. The fourth-order valence-electron chi connectivity index (χ4n) is 4.58. The zero-order chi connectivity index (χ0) is 24.3. The molecule has 0 radical (unpaired) electrons. The molecular weight excluding hydrogens is 451 g/mol. The van der Waals surface area contributed by atoms with Gasteiger partial charge in [0.15, 0.2) is 0 Å². The predicted molar refractivity (Wildman–Crippen MR) is 118 cm³/mol. The van der Waals surface area contributed by atoms with Gasteiger partial charge in [-0.05, 0) is 50.7 Å². The summed E-state index contributed by atoms with van der Waals surface area (Å²) in [5.74, 6) is -1.52. The molecular formula is C24H28F3N3O4. The molecule has 1 aliphatic carbocycles. The molecule has 34 heavy (non-hydrogen) atoms. The van der Waals surface area contributed by atoms with Crippen LogP contribution in [0.1, 0.15) is 53.5 Å². The van der Waals surface area contributed by atoms with E-state index < -0.39 is 18.1 Å². The minimum absolute atomic E-state index is 0.109. The maximum atomic E-state index is 12.9. The Morgan fingerprint density at radius 2 is 2.00 bits per heavy atom.